The number of barbiturate groups is 1. The van der Waals surface area contributed by atoms with Gasteiger partial charge in [-0.3, -0.25) is 19.4 Å². The van der Waals surface area contributed by atoms with Crippen LogP contribution in [0.2, 0.25) is 0 Å². The number of ether oxygens (including phenoxy) is 3. The highest BCUT2D eigenvalue weighted by atomic mass is 16.7. The lowest BCUT2D eigenvalue weighted by molar-refractivity contribution is -0.343. The second kappa shape index (κ2) is 9.83. The van der Waals surface area contributed by atoms with Gasteiger partial charge < -0.3 is 50.0 Å². The molecule has 3 saturated heterocycles. The number of carbonyl (C=O) groups excluding carboxylic acids is 3. The number of aliphatic hydroxyl groups is 7. The predicted octanol–water partition coefficient (Wildman–Crippen LogP) is -5.68. The summed E-state index contributed by atoms with van der Waals surface area (Å²) in [6.45, 7) is -1.57. The molecule has 10 atom stereocenters. The van der Waals surface area contributed by atoms with Gasteiger partial charge in [-0.25, -0.2) is 4.79 Å². The summed E-state index contributed by atoms with van der Waals surface area (Å²) in [7, 11) is 2.25. The lowest BCUT2D eigenvalue weighted by Crippen LogP contribution is -2.68. The summed E-state index contributed by atoms with van der Waals surface area (Å²) in [5, 5.41) is 70.3. The molecule has 0 unspecified atom stereocenters. The molecule has 15 nitrogen and oxygen atoms in total. The van der Waals surface area contributed by atoms with Crippen molar-refractivity contribution < 1.29 is 64.3 Å². The fourth-order valence-electron chi connectivity index (χ4n) is 4.11. The molecular weight excluding hydrogens is 452 g/mol. The Labute approximate surface area is 187 Å². The first-order valence-corrected chi connectivity index (χ1v) is 10.1. The second-order valence-electron chi connectivity index (χ2n) is 8.16. The molecule has 0 aliphatic carbocycles. The zero-order valence-electron chi connectivity index (χ0n) is 17.7. The highest BCUT2D eigenvalue weighted by Crippen LogP contribution is 2.33. The van der Waals surface area contributed by atoms with E-state index in [9.17, 15) is 50.1 Å². The number of aliphatic hydroxyl groups excluding tert-OH is 7. The molecule has 0 saturated carbocycles. The van der Waals surface area contributed by atoms with Crippen molar-refractivity contribution in [2.75, 3.05) is 27.3 Å². The Hall–Kier alpha value is -1.79. The van der Waals surface area contributed by atoms with E-state index in [1.807, 2.05) is 0 Å². The first-order chi connectivity index (χ1) is 15.5. The number of carbonyl (C=O) groups is 3. The van der Waals surface area contributed by atoms with Crippen molar-refractivity contribution in [3.63, 3.8) is 0 Å². The quantitative estimate of drug-likeness (QED) is 0.182. The molecule has 15 heteroatoms. The lowest BCUT2D eigenvalue weighted by Gasteiger charge is -2.48. The Kier molecular flexibility index (Phi) is 7.69. The van der Waals surface area contributed by atoms with Gasteiger partial charge in [0.25, 0.3) is 0 Å². The SMILES string of the molecule is CN1C(=O)C([C@@H]2O[C@H](CO)[C@@H](O[C@@H]3O[C@H](CO)[C@H](O)[C@H](O)[C@H]3O)[C@H](O)[C@H]2O)C(=O)N(C)C1=O. The van der Waals surface area contributed by atoms with Gasteiger partial charge in [-0.2, -0.15) is 0 Å². The van der Waals surface area contributed by atoms with E-state index < -0.39 is 98.2 Å². The van der Waals surface area contributed by atoms with Gasteiger partial charge in [-0.1, -0.05) is 0 Å². The van der Waals surface area contributed by atoms with Crippen LogP contribution in [0.1, 0.15) is 0 Å². The van der Waals surface area contributed by atoms with Gasteiger partial charge in [0.1, 0.15) is 60.9 Å². The molecular formula is C18H28N2O13. The molecule has 3 heterocycles. The number of hydrogen-bond donors (Lipinski definition) is 7. The topological polar surface area (TPSA) is 227 Å². The largest absolute Gasteiger partial charge is 0.394 e. The van der Waals surface area contributed by atoms with Crippen LogP contribution in [0.5, 0.6) is 0 Å². The van der Waals surface area contributed by atoms with Crippen molar-refractivity contribution in [2.24, 2.45) is 5.92 Å². The highest BCUT2D eigenvalue weighted by molar-refractivity contribution is 6.16. The molecule has 7 N–H and O–H groups in total. The van der Waals surface area contributed by atoms with Crippen molar-refractivity contribution in [1.82, 2.24) is 9.80 Å². The van der Waals surface area contributed by atoms with E-state index >= 15 is 0 Å². The van der Waals surface area contributed by atoms with E-state index in [4.69, 9.17) is 14.2 Å². The average Bonchev–Trinajstić information content (AvgIpc) is 2.80. The first-order valence-electron chi connectivity index (χ1n) is 10.1. The van der Waals surface area contributed by atoms with Crippen molar-refractivity contribution >= 4 is 17.8 Å². The highest BCUT2D eigenvalue weighted by Gasteiger charge is 2.56. The molecule has 0 aromatic heterocycles. The molecule has 3 aliphatic rings. The minimum Gasteiger partial charge on any atom is -0.394 e. The number of imide groups is 2. The maximum absolute atomic E-state index is 12.6. The van der Waals surface area contributed by atoms with E-state index in [-0.39, 0.29) is 0 Å². The molecule has 0 aromatic carbocycles. The number of hydrogen-bond acceptors (Lipinski definition) is 13. The summed E-state index contributed by atoms with van der Waals surface area (Å²) >= 11 is 0. The van der Waals surface area contributed by atoms with Crippen molar-refractivity contribution in [3.05, 3.63) is 0 Å². The van der Waals surface area contributed by atoms with Crippen LogP contribution in [0.4, 0.5) is 4.79 Å². The molecule has 33 heavy (non-hydrogen) atoms. The van der Waals surface area contributed by atoms with Crippen molar-refractivity contribution in [1.29, 1.82) is 0 Å². The van der Waals surface area contributed by atoms with Gasteiger partial charge in [0, 0.05) is 14.1 Å². The van der Waals surface area contributed by atoms with Crippen LogP contribution in [-0.2, 0) is 23.8 Å². The summed E-state index contributed by atoms with van der Waals surface area (Å²) in [5.74, 6) is -3.67. The van der Waals surface area contributed by atoms with E-state index in [1.165, 1.54) is 0 Å². The van der Waals surface area contributed by atoms with Crippen molar-refractivity contribution in [3.8, 4) is 0 Å². The second-order valence-corrected chi connectivity index (χ2v) is 8.16. The molecule has 188 valence electrons. The van der Waals surface area contributed by atoms with Gasteiger partial charge in [-0.15, -0.1) is 0 Å². The van der Waals surface area contributed by atoms with Crippen LogP contribution in [-0.4, -0.2) is 152 Å². The van der Waals surface area contributed by atoms with Gasteiger partial charge in [0.15, 0.2) is 6.29 Å². The van der Waals surface area contributed by atoms with Crippen LogP contribution >= 0.6 is 0 Å². The maximum Gasteiger partial charge on any atom is 0.332 e. The van der Waals surface area contributed by atoms with Crippen LogP contribution in [0.25, 0.3) is 0 Å². The summed E-state index contributed by atoms with van der Waals surface area (Å²) in [6.07, 6.45) is -16.8. The molecule has 0 aromatic rings. The zero-order valence-corrected chi connectivity index (χ0v) is 17.7. The van der Waals surface area contributed by atoms with Crippen LogP contribution in [0.15, 0.2) is 0 Å². The summed E-state index contributed by atoms with van der Waals surface area (Å²) in [4.78, 5) is 38.4. The van der Waals surface area contributed by atoms with E-state index in [0.717, 1.165) is 14.1 Å². The van der Waals surface area contributed by atoms with Gasteiger partial charge in [-0.05, 0) is 0 Å². The third-order valence-corrected chi connectivity index (χ3v) is 6.14. The first kappa shape index (κ1) is 25.8. The van der Waals surface area contributed by atoms with Crippen molar-refractivity contribution in [2.45, 2.75) is 61.2 Å². The third kappa shape index (κ3) is 4.37. The number of rotatable bonds is 5. The zero-order chi connectivity index (χ0) is 24.8. The Morgan fingerprint density at radius 1 is 0.758 bits per heavy atom. The molecule has 0 bridgehead atoms. The Bertz CT molecular complexity index is 740. The Morgan fingerprint density at radius 2 is 1.30 bits per heavy atom. The standard InChI is InChI=1S/C18H28N2O13/c1-19-15(28)7(16(29)20(2)18(19)30)14-11(26)10(25)13(6(4-22)31-14)33-17-12(27)9(24)8(23)5(3-21)32-17/h5-14,17,21-27H,3-4H2,1-2H3/t5-,6-,8+,9+,10-,11-,12-,13-,14+,17+/m1/s1. The number of nitrogens with zero attached hydrogens (tertiary/aromatic N) is 2. The Balaban J connectivity index is 1.81. The van der Waals surface area contributed by atoms with E-state index in [1.54, 1.807) is 0 Å². The fourth-order valence-corrected chi connectivity index (χ4v) is 4.11. The van der Waals surface area contributed by atoms with Crippen LogP contribution in [0, 0.1) is 5.92 Å². The summed E-state index contributed by atoms with van der Waals surface area (Å²) in [6, 6.07) is -0.894. The Morgan fingerprint density at radius 3 is 1.82 bits per heavy atom. The summed E-state index contributed by atoms with van der Waals surface area (Å²) in [5.41, 5.74) is 0. The third-order valence-electron chi connectivity index (χ3n) is 6.14. The molecule has 4 amide bonds. The fraction of sp³-hybridized carbons (Fsp3) is 0.833. The van der Waals surface area contributed by atoms with E-state index in [0.29, 0.717) is 9.80 Å². The minimum atomic E-state index is -1.92. The smallest absolute Gasteiger partial charge is 0.332 e. The van der Waals surface area contributed by atoms with E-state index in [2.05, 4.69) is 0 Å². The number of amides is 4. The maximum atomic E-state index is 12.6. The molecule has 3 rings (SSSR count). The van der Waals surface area contributed by atoms with Crippen LogP contribution < -0.4 is 0 Å². The molecule has 3 fully saturated rings. The lowest BCUT2D eigenvalue weighted by atomic mass is 9.85. The molecule has 3 aliphatic heterocycles. The predicted molar refractivity (Wildman–Crippen MR) is 101 cm³/mol. The van der Waals surface area contributed by atoms with Gasteiger partial charge in [0.05, 0.1) is 13.2 Å². The van der Waals surface area contributed by atoms with Crippen LogP contribution in [0.3, 0.4) is 0 Å². The normalized spacial score (nSPS) is 43.4. The number of urea groups is 1. The van der Waals surface area contributed by atoms with Gasteiger partial charge >= 0.3 is 6.03 Å². The minimum absolute atomic E-state index is 0.652. The molecule has 0 spiro atoms. The monoisotopic (exact) mass is 480 g/mol. The molecule has 0 radical (unpaired) electrons. The van der Waals surface area contributed by atoms with Gasteiger partial charge in [0.2, 0.25) is 11.8 Å². The average molecular weight is 480 g/mol. The summed E-state index contributed by atoms with van der Waals surface area (Å²) < 4.78 is 16.2.